The maximum Gasteiger partial charge on any atom is 0.183 e. The Hall–Kier alpha value is -0.713. The maximum atomic E-state index is 6.16. The van der Waals surface area contributed by atoms with Crippen molar-refractivity contribution in [3.8, 4) is 0 Å². The summed E-state index contributed by atoms with van der Waals surface area (Å²) >= 11 is 0. The van der Waals surface area contributed by atoms with E-state index in [2.05, 4.69) is 76.7 Å². The molecule has 0 bridgehead atoms. The molecule has 0 amide bonds. The summed E-state index contributed by atoms with van der Waals surface area (Å²) in [4.78, 5) is 4.57. The van der Waals surface area contributed by atoms with Crippen LogP contribution in [0.5, 0.6) is 0 Å². The van der Waals surface area contributed by atoms with E-state index in [4.69, 9.17) is 4.43 Å². The lowest BCUT2D eigenvalue weighted by Crippen LogP contribution is -2.46. The molecule has 0 radical (unpaired) electrons. The van der Waals surface area contributed by atoms with Gasteiger partial charge >= 0.3 is 0 Å². The fourth-order valence-electron chi connectivity index (χ4n) is 2.31. The molecule has 1 heterocycles. The van der Waals surface area contributed by atoms with Crippen molar-refractivity contribution in [2.45, 2.75) is 66.3 Å². The molecule has 1 aromatic heterocycles. The molecule has 0 saturated heterocycles. The summed E-state index contributed by atoms with van der Waals surface area (Å²) < 4.78 is 6.16. The molecule has 0 aliphatic heterocycles. The Morgan fingerprint density at radius 3 is 2.23 bits per heavy atom. The van der Waals surface area contributed by atoms with Crippen LogP contribution in [0.15, 0.2) is 24.4 Å². The third kappa shape index (κ3) is 6.59. The number of rotatable bonds is 7. The van der Waals surface area contributed by atoms with E-state index in [0.29, 0.717) is 12.0 Å². The number of nitrogens with one attached hydrogen (secondary N) is 1. The molecule has 2 atom stereocenters. The van der Waals surface area contributed by atoms with E-state index in [9.17, 15) is 0 Å². The minimum Gasteiger partial charge on any atom is -0.416 e. The lowest BCUT2D eigenvalue weighted by molar-refractivity contribution is 0.170. The predicted molar refractivity (Wildman–Crippen MR) is 97.5 cm³/mol. The molecule has 0 aliphatic rings. The molecule has 0 unspecified atom stereocenters. The number of hydrogen-bond acceptors (Lipinski definition) is 3. The average molecular weight is 323 g/mol. The third-order valence-corrected chi connectivity index (χ3v) is 4.76. The Morgan fingerprint density at radius 1 is 1.18 bits per heavy atom. The standard InChI is InChI=1S/C18H34N2OSi/c1-14(2)16(13-21-22(6,7)8)20-17(18(3,4)5)15-11-9-10-12-19-15/h9-12,14,16-17,20H,13H2,1-8H3/t16-,17-/m1/s1. The van der Waals surface area contributed by atoms with Crippen molar-refractivity contribution < 1.29 is 4.43 Å². The topological polar surface area (TPSA) is 34.1 Å². The van der Waals surface area contributed by atoms with Crippen molar-refractivity contribution >= 4 is 8.32 Å². The molecule has 126 valence electrons. The van der Waals surface area contributed by atoms with Gasteiger partial charge in [-0.1, -0.05) is 40.7 Å². The van der Waals surface area contributed by atoms with Crippen LogP contribution in [0.1, 0.15) is 46.4 Å². The van der Waals surface area contributed by atoms with Crippen LogP contribution in [0, 0.1) is 11.3 Å². The van der Waals surface area contributed by atoms with Gasteiger partial charge in [-0.15, -0.1) is 0 Å². The largest absolute Gasteiger partial charge is 0.416 e. The van der Waals surface area contributed by atoms with Crippen LogP contribution in [-0.2, 0) is 4.43 Å². The Bertz CT molecular complexity index is 435. The smallest absolute Gasteiger partial charge is 0.183 e. The maximum absolute atomic E-state index is 6.16. The molecule has 1 N–H and O–H groups in total. The van der Waals surface area contributed by atoms with Gasteiger partial charge in [-0.3, -0.25) is 4.98 Å². The van der Waals surface area contributed by atoms with Gasteiger partial charge in [0.05, 0.1) is 11.7 Å². The highest BCUT2D eigenvalue weighted by atomic mass is 28.4. The van der Waals surface area contributed by atoms with Gasteiger partial charge in [-0.05, 0) is 43.1 Å². The van der Waals surface area contributed by atoms with E-state index in [-0.39, 0.29) is 11.5 Å². The first kappa shape index (κ1) is 19.3. The first-order chi connectivity index (χ1) is 10.0. The molecule has 0 saturated carbocycles. The lowest BCUT2D eigenvalue weighted by atomic mass is 9.83. The van der Waals surface area contributed by atoms with Crippen LogP contribution in [0.3, 0.4) is 0 Å². The van der Waals surface area contributed by atoms with Gasteiger partial charge < -0.3 is 9.74 Å². The second-order valence-electron chi connectivity index (χ2n) is 8.49. The van der Waals surface area contributed by atoms with Crippen molar-refractivity contribution in [2.24, 2.45) is 11.3 Å². The Balaban J connectivity index is 2.90. The van der Waals surface area contributed by atoms with Crippen LogP contribution in [0.4, 0.5) is 0 Å². The van der Waals surface area contributed by atoms with E-state index in [0.717, 1.165) is 12.3 Å². The average Bonchev–Trinajstić information content (AvgIpc) is 2.36. The van der Waals surface area contributed by atoms with Gasteiger partial charge in [0.15, 0.2) is 8.32 Å². The number of hydrogen-bond donors (Lipinski definition) is 1. The quantitative estimate of drug-likeness (QED) is 0.743. The molecule has 0 aromatic carbocycles. The van der Waals surface area contributed by atoms with Crippen molar-refractivity contribution in [1.82, 2.24) is 10.3 Å². The normalized spacial score (nSPS) is 15.9. The zero-order chi connectivity index (χ0) is 17.0. The first-order valence-electron chi connectivity index (χ1n) is 8.31. The summed E-state index contributed by atoms with van der Waals surface area (Å²) in [6, 6.07) is 6.69. The molecule has 22 heavy (non-hydrogen) atoms. The van der Waals surface area contributed by atoms with Crippen molar-refractivity contribution in [1.29, 1.82) is 0 Å². The Labute approximate surface area is 138 Å². The highest BCUT2D eigenvalue weighted by Gasteiger charge is 2.31. The van der Waals surface area contributed by atoms with E-state index in [1.807, 2.05) is 12.3 Å². The fourth-order valence-corrected chi connectivity index (χ4v) is 2.99. The summed E-state index contributed by atoms with van der Waals surface area (Å²) in [6.45, 7) is 18.8. The van der Waals surface area contributed by atoms with Crippen LogP contribution >= 0.6 is 0 Å². The monoisotopic (exact) mass is 322 g/mol. The highest BCUT2D eigenvalue weighted by molar-refractivity contribution is 6.69. The first-order valence-corrected chi connectivity index (χ1v) is 11.7. The van der Waals surface area contributed by atoms with Crippen LogP contribution in [0.25, 0.3) is 0 Å². The Kier molecular flexibility index (Phi) is 6.78. The molecule has 0 spiro atoms. The van der Waals surface area contributed by atoms with Gasteiger partial charge in [0.1, 0.15) is 0 Å². The van der Waals surface area contributed by atoms with Gasteiger partial charge in [-0.2, -0.15) is 0 Å². The molecule has 4 heteroatoms. The molecular formula is C18H34N2OSi. The number of pyridine rings is 1. The molecule has 1 rings (SSSR count). The fraction of sp³-hybridized carbons (Fsp3) is 0.722. The van der Waals surface area contributed by atoms with E-state index in [1.54, 1.807) is 0 Å². The lowest BCUT2D eigenvalue weighted by Gasteiger charge is -2.37. The molecule has 1 aromatic rings. The molecular weight excluding hydrogens is 288 g/mol. The number of aromatic nitrogens is 1. The second-order valence-corrected chi connectivity index (χ2v) is 13.0. The Morgan fingerprint density at radius 2 is 1.82 bits per heavy atom. The number of nitrogens with zero attached hydrogens (tertiary/aromatic N) is 1. The summed E-state index contributed by atoms with van der Waals surface area (Å²) in [5, 5.41) is 3.82. The van der Waals surface area contributed by atoms with Crippen molar-refractivity contribution in [3.05, 3.63) is 30.1 Å². The van der Waals surface area contributed by atoms with Gasteiger partial charge in [0, 0.05) is 18.8 Å². The highest BCUT2D eigenvalue weighted by Crippen LogP contribution is 2.32. The van der Waals surface area contributed by atoms with Crippen molar-refractivity contribution in [2.75, 3.05) is 6.61 Å². The second kappa shape index (κ2) is 7.71. The SMILES string of the molecule is CC(C)[C@@H](CO[Si](C)(C)C)N[C@H](c1ccccn1)C(C)(C)C. The zero-order valence-electron chi connectivity index (χ0n) is 15.6. The summed E-state index contributed by atoms with van der Waals surface area (Å²) in [6.07, 6.45) is 1.87. The van der Waals surface area contributed by atoms with Crippen LogP contribution < -0.4 is 5.32 Å². The predicted octanol–water partition coefficient (Wildman–Crippen LogP) is 4.63. The van der Waals surface area contributed by atoms with Crippen molar-refractivity contribution in [3.63, 3.8) is 0 Å². The van der Waals surface area contributed by atoms with Crippen LogP contribution in [0.2, 0.25) is 19.6 Å². The zero-order valence-corrected chi connectivity index (χ0v) is 16.6. The summed E-state index contributed by atoms with van der Waals surface area (Å²) in [7, 11) is -1.50. The van der Waals surface area contributed by atoms with Crippen LogP contribution in [-0.4, -0.2) is 26.0 Å². The molecule has 3 nitrogen and oxygen atoms in total. The third-order valence-electron chi connectivity index (χ3n) is 3.73. The minimum atomic E-state index is -1.50. The summed E-state index contributed by atoms with van der Waals surface area (Å²) in [5.41, 5.74) is 1.20. The van der Waals surface area contributed by atoms with Gasteiger partial charge in [0.2, 0.25) is 0 Å². The van der Waals surface area contributed by atoms with E-state index < -0.39 is 8.32 Å². The van der Waals surface area contributed by atoms with E-state index >= 15 is 0 Å². The molecule has 0 fully saturated rings. The summed E-state index contributed by atoms with van der Waals surface area (Å²) in [5.74, 6) is 0.518. The molecule has 0 aliphatic carbocycles. The van der Waals surface area contributed by atoms with E-state index in [1.165, 1.54) is 0 Å². The van der Waals surface area contributed by atoms with Gasteiger partial charge in [0.25, 0.3) is 0 Å². The minimum absolute atomic E-state index is 0.0979. The van der Waals surface area contributed by atoms with Gasteiger partial charge in [-0.25, -0.2) is 0 Å².